The standard InChI is InChI=1S/C14H11FN2OS/c1-9-13(19-14(16-9)17-10(2)18)7-6-11-4-3-5-12(15)8-11/h3-5,8H,1-2H3,(H,16,17,18). The van der Waals surface area contributed by atoms with Crippen LogP contribution in [0.4, 0.5) is 9.52 Å². The number of nitrogens with zero attached hydrogens (tertiary/aromatic N) is 1. The summed E-state index contributed by atoms with van der Waals surface area (Å²) >= 11 is 1.30. The Balaban J connectivity index is 2.24. The van der Waals surface area contributed by atoms with Gasteiger partial charge in [0.25, 0.3) is 0 Å². The van der Waals surface area contributed by atoms with Gasteiger partial charge in [0.1, 0.15) is 10.7 Å². The van der Waals surface area contributed by atoms with Crippen LogP contribution in [-0.2, 0) is 4.79 Å². The number of hydrogen-bond donors (Lipinski definition) is 1. The molecule has 3 nitrogen and oxygen atoms in total. The summed E-state index contributed by atoms with van der Waals surface area (Å²) in [7, 11) is 0. The minimum Gasteiger partial charge on any atom is -0.302 e. The average Bonchev–Trinajstić information content (AvgIpc) is 2.66. The molecule has 0 spiro atoms. The summed E-state index contributed by atoms with van der Waals surface area (Å²) in [5, 5.41) is 3.14. The third-order valence-corrected chi connectivity index (χ3v) is 3.21. The summed E-state index contributed by atoms with van der Waals surface area (Å²) in [6, 6.07) is 6.10. The Morgan fingerprint density at radius 2 is 2.21 bits per heavy atom. The van der Waals surface area contributed by atoms with E-state index >= 15 is 0 Å². The van der Waals surface area contributed by atoms with Crippen molar-refractivity contribution < 1.29 is 9.18 Å². The van der Waals surface area contributed by atoms with E-state index in [1.165, 1.54) is 30.4 Å². The number of hydrogen-bond acceptors (Lipinski definition) is 3. The molecular weight excluding hydrogens is 263 g/mol. The fourth-order valence-electron chi connectivity index (χ4n) is 1.41. The summed E-state index contributed by atoms with van der Waals surface area (Å²) in [6.07, 6.45) is 0. The molecule has 2 rings (SSSR count). The highest BCUT2D eigenvalue weighted by atomic mass is 32.1. The van der Waals surface area contributed by atoms with Crippen molar-refractivity contribution in [3.05, 3.63) is 46.2 Å². The number of aromatic nitrogens is 1. The van der Waals surface area contributed by atoms with Gasteiger partial charge in [-0.05, 0) is 31.0 Å². The molecule has 0 unspecified atom stereocenters. The normalized spacial score (nSPS) is 9.63. The van der Waals surface area contributed by atoms with Gasteiger partial charge in [0.05, 0.1) is 5.69 Å². The number of amides is 1. The Kier molecular flexibility index (Phi) is 3.93. The van der Waals surface area contributed by atoms with Crippen molar-refractivity contribution in [2.75, 3.05) is 5.32 Å². The van der Waals surface area contributed by atoms with Crippen molar-refractivity contribution >= 4 is 22.4 Å². The Morgan fingerprint density at radius 1 is 1.42 bits per heavy atom. The molecule has 0 saturated heterocycles. The molecular formula is C14H11FN2OS. The van der Waals surface area contributed by atoms with E-state index in [2.05, 4.69) is 22.1 Å². The molecule has 19 heavy (non-hydrogen) atoms. The molecule has 1 aromatic carbocycles. The first kappa shape index (κ1) is 13.2. The molecule has 0 aliphatic rings. The second-order valence-corrected chi connectivity index (χ2v) is 4.87. The Morgan fingerprint density at radius 3 is 2.89 bits per heavy atom. The van der Waals surface area contributed by atoms with Gasteiger partial charge in [-0.1, -0.05) is 23.3 Å². The van der Waals surface area contributed by atoms with Crippen LogP contribution in [0, 0.1) is 24.6 Å². The molecule has 5 heteroatoms. The minimum absolute atomic E-state index is 0.168. The van der Waals surface area contributed by atoms with Gasteiger partial charge in [-0.25, -0.2) is 9.37 Å². The number of nitrogens with one attached hydrogen (secondary N) is 1. The maximum absolute atomic E-state index is 13.0. The van der Waals surface area contributed by atoms with E-state index in [1.54, 1.807) is 12.1 Å². The summed E-state index contributed by atoms with van der Waals surface area (Å²) < 4.78 is 13.0. The number of rotatable bonds is 1. The van der Waals surface area contributed by atoms with Gasteiger partial charge in [-0.2, -0.15) is 0 Å². The Labute approximate surface area is 114 Å². The van der Waals surface area contributed by atoms with Gasteiger partial charge >= 0.3 is 0 Å². The van der Waals surface area contributed by atoms with Crippen LogP contribution in [-0.4, -0.2) is 10.9 Å². The molecule has 1 heterocycles. The highest BCUT2D eigenvalue weighted by molar-refractivity contribution is 7.16. The molecule has 0 aliphatic carbocycles. The number of thiazole rings is 1. The summed E-state index contributed by atoms with van der Waals surface area (Å²) in [4.78, 5) is 15.9. The largest absolute Gasteiger partial charge is 0.302 e. The molecule has 96 valence electrons. The average molecular weight is 274 g/mol. The van der Waals surface area contributed by atoms with Crippen LogP contribution in [0.15, 0.2) is 24.3 Å². The van der Waals surface area contributed by atoms with E-state index < -0.39 is 0 Å². The van der Waals surface area contributed by atoms with Gasteiger partial charge in [0.2, 0.25) is 5.91 Å². The van der Waals surface area contributed by atoms with Crippen molar-refractivity contribution in [2.24, 2.45) is 0 Å². The second kappa shape index (κ2) is 5.63. The Hall–Kier alpha value is -2.19. The van der Waals surface area contributed by atoms with Crippen molar-refractivity contribution in [2.45, 2.75) is 13.8 Å². The van der Waals surface area contributed by atoms with E-state index in [0.717, 1.165) is 10.6 Å². The van der Waals surface area contributed by atoms with E-state index in [4.69, 9.17) is 0 Å². The molecule has 0 fully saturated rings. The van der Waals surface area contributed by atoms with Crippen LogP contribution in [0.1, 0.15) is 23.1 Å². The highest BCUT2D eigenvalue weighted by Gasteiger charge is 2.06. The van der Waals surface area contributed by atoms with Gasteiger partial charge in [0.15, 0.2) is 5.13 Å². The maximum Gasteiger partial charge on any atom is 0.223 e. The molecule has 0 bridgehead atoms. The molecule has 0 aliphatic heterocycles. The molecule has 1 amide bonds. The quantitative estimate of drug-likeness (QED) is 0.812. The SMILES string of the molecule is CC(=O)Nc1nc(C)c(C#Cc2cccc(F)c2)s1. The summed E-state index contributed by atoms with van der Waals surface area (Å²) in [5.41, 5.74) is 1.35. The van der Waals surface area contributed by atoms with E-state index in [0.29, 0.717) is 10.7 Å². The maximum atomic E-state index is 13.0. The van der Waals surface area contributed by atoms with Crippen LogP contribution < -0.4 is 5.32 Å². The zero-order valence-corrected chi connectivity index (χ0v) is 11.3. The van der Waals surface area contributed by atoms with Gasteiger partial charge in [0, 0.05) is 12.5 Å². The molecule has 1 aromatic heterocycles. The highest BCUT2D eigenvalue weighted by Crippen LogP contribution is 2.21. The zero-order chi connectivity index (χ0) is 13.8. The van der Waals surface area contributed by atoms with Crippen LogP contribution in [0.3, 0.4) is 0 Å². The first-order valence-electron chi connectivity index (χ1n) is 5.57. The fraction of sp³-hybridized carbons (Fsp3) is 0.143. The summed E-state index contributed by atoms with van der Waals surface area (Å²) in [5.74, 6) is 5.33. The number of anilines is 1. The van der Waals surface area contributed by atoms with Gasteiger partial charge in [-0.15, -0.1) is 0 Å². The predicted octanol–water partition coefficient (Wildman–Crippen LogP) is 2.95. The van der Waals surface area contributed by atoms with E-state index in [-0.39, 0.29) is 11.7 Å². The predicted molar refractivity (Wildman–Crippen MR) is 73.5 cm³/mol. The first-order valence-corrected chi connectivity index (χ1v) is 6.39. The molecule has 1 N–H and O–H groups in total. The smallest absolute Gasteiger partial charge is 0.223 e. The molecule has 0 atom stereocenters. The lowest BCUT2D eigenvalue weighted by Gasteiger charge is -1.91. The number of benzene rings is 1. The van der Waals surface area contributed by atoms with Crippen LogP contribution in [0.2, 0.25) is 0 Å². The monoisotopic (exact) mass is 274 g/mol. The third kappa shape index (κ3) is 3.63. The summed E-state index contributed by atoms with van der Waals surface area (Å²) in [6.45, 7) is 3.24. The van der Waals surface area contributed by atoms with Crippen molar-refractivity contribution in [3.63, 3.8) is 0 Å². The Bertz CT molecular complexity index is 682. The van der Waals surface area contributed by atoms with Crippen LogP contribution >= 0.6 is 11.3 Å². The number of halogens is 1. The lowest BCUT2D eigenvalue weighted by atomic mass is 10.2. The van der Waals surface area contributed by atoms with Crippen molar-refractivity contribution in [1.82, 2.24) is 4.98 Å². The number of aryl methyl sites for hydroxylation is 1. The molecule has 0 saturated carbocycles. The van der Waals surface area contributed by atoms with Crippen LogP contribution in [0.25, 0.3) is 0 Å². The van der Waals surface area contributed by atoms with Gasteiger partial charge in [-0.3, -0.25) is 4.79 Å². The minimum atomic E-state index is -0.313. The van der Waals surface area contributed by atoms with Gasteiger partial charge < -0.3 is 5.32 Å². The second-order valence-electron chi connectivity index (χ2n) is 3.88. The van der Waals surface area contributed by atoms with E-state index in [9.17, 15) is 9.18 Å². The molecule has 2 aromatic rings. The molecule has 0 radical (unpaired) electrons. The third-order valence-electron chi connectivity index (χ3n) is 2.22. The number of carbonyl (C=O) groups excluding carboxylic acids is 1. The topological polar surface area (TPSA) is 42.0 Å². The lowest BCUT2D eigenvalue weighted by molar-refractivity contribution is -0.114. The zero-order valence-electron chi connectivity index (χ0n) is 10.5. The van der Waals surface area contributed by atoms with Crippen molar-refractivity contribution in [1.29, 1.82) is 0 Å². The van der Waals surface area contributed by atoms with E-state index in [1.807, 2.05) is 6.92 Å². The van der Waals surface area contributed by atoms with Crippen LogP contribution in [0.5, 0.6) is 0 Å². The fourth-order valence-corrected chi connectivity index (χ4v) is 2.28. The lowest BCUT2D eigenvalue weighted by Crippen LogP contribution is -2.04. The first-order chi connectivity index (χ1) is 9.04. The number of carbonyl (C=O) groups is 1. The van der Waals surface area contributed by atoms with Crippen molar-refractivity contribution in [3.8, 4) is 11.8 Å².